The first kappa shape index (κ1) is 20.5. The number of amides is 2. The molecular weight excluding hydrogens is 416 g/mol. The molecule has 1 aromatic carbocycles. The number of carbonyl (C=O) groups is 2. The van der Waals surface area contributed by atoms with Crippen molar-refractivity contribution in [2.75, 3.05) is 5.32 Å². The standard InChI is InChI=1S/C17H16N6O4S2/c18-29(26,27)13-3-1-11(2-4-13)8-21-15(24)7-12-10-28-17(22-12)23-16(25)14-9-19-5-6-20-14/h1-6,9-10H,7-8H2,(H,21,24)(H2,18,26,27)(H,22,23,25). The van der Waals surface area contributed by atoms with E-state index in [1.165, 1.54) is 42.1 Å². The molecule has 2 aromatic heterocycles. The summed E-state index contributed by atoms with van der Waals surface area (Å²) in [4.78, 5) is 36.1. The van der Waals surface area contributed by atoms with Gasteiger partial charge in [-0.15, -0.1) is 11.3 Å². The van der Waals surface area contributed by atoms with Crippen LogP contribution in [0.2, 0.25) is 0 Å². The molecule has 0 saturated heterocycles. The fourth-order valence-corrected chi connectivity index (χ4v) is 3.47. The summed E-state index contributed by atoms with van der Waals surface area (Å²) < 4.78 is 22.5. The molecule has 0 saturated carbocycles. The van der Waals surface area contributed by atoms with E-state index in [9.17, 15) is 18.0 Å². The molecule has 29 heavy (non-hydrogen) atoms. The van der Waals surface area contributed by atoms with Crippen LogP contribution in [0.1, 0.15) is 21.7 Å². The summed E-state index contributed by atoms with van der Waals surface area (Å²) >= 11 is 1.19. The zero-order chi connectivity index (χ0) is 20.9. The Kier molecular flexibility index (Phi) is 6.26. The van der Waals surface area contributed by atoms with E-state index in [0.29, 0.717) is 10.8 Å². The molecule has 2 amide bonds. The number of carbonyl (C=O) groups excluding carboxylic acids is 2. The number of anilines is 1. The molecule has 2 heterocycles. The van der Waals surface area contributed by atoms with E-state index in [1.807, 2.05) is 0 Å². The molecule has 0 unspecified atom stereocenters. The van der Waals surface area contributed by atoms with Gasteiger partial charge in [0.2, 0.25) is 15.9 Å². The highest BCUT2D eigenvalue weighted by Crippen LogP contribution is 2.16. The maximum Gasteiger partial charge on any atom is 0.277 e. The summed E-state index contributed by atoms with van der Waals surface area (Å²) in [6.45, 7) is 0.226. The van der Waals surface area contributed by atoms with Crippen LogP contribution in [0.4, 0.5) is 5.13 Å². The van der Waals surface area contributed by atoms with Gasteiger partial charge in [0.25, 0.3) is 5.91 Å². The van der Waals surface area contributed by atoms with E-state index >= 15 is 0 Å². The van der Waals surface area contributed by atoms with Crippen LogP contribution in [0.25, 0.3) is 0 Å². The number of nitrogens with one attached hydrogen (secondary N) is 2. The SMILES string of the molecule is NS(=O)(=O)c1ccc(CNC(=O)Cc2csc(NC(=O)c3cnccn3)n2)cc1. The third-order valence-corrected chi connectivity index (χ3v) is 5.39. The highest BCUT2D eigenvalue weighted by molar-refractivity contribution is 7.89. The summed E-state index contributed by atoms with van der Waals surface area (Å²) in [5, 5.41) is 12.4. The van der Waals surface area contributed by atoms with Gasteiger partial charge in [-0.2, -0.15) is 0 Å². The quantitative estimate of drug-likeness (QED) is 0.496. The summed E-state index contributed by atoms with van der Waals surface area (Å²) in [6, 6.07) is 5.90. The normalized spacial score (nSPS) is 11.1. The summed E-state index contributed by atoms with van der Waals surface area (Å²) in [7, 11) is -3.75. The smallest absolute Gasteiger partial charge is 0.277 e. The maximum atomic E-state index is 12.1. The first-order chi connectivity index (χ1) is 13.8. The lowest BCUT2D eigenvalue weighted by Gasteiger charge is -2.05. The molecule has 0 bridgehead atoms. The monoisotopic (exact) mass is 432 g/mol. The molecule has 0 aliphatic carbocycles. The fraction of sp³-hybridized carbons (Fsp3) is 0.118. The van der Waals surface area contributed by atoms with Crippen LogP contribution in [0.15, 0.2) is 53.1 Å². The number of rotatable bonds is 7. The number of primary sulfonamides is 1. The Morgan fingerprint density at radius 1 is 1.14 bits per heavy atom. The summed E-state index contributed by atoms with van der Waals surface area (Å²) in [5.74, 6) is -0.705. The Labute approximate surface area is 170 Å². The van der Waals surface area contributed by atoms with Crippen LogP contribution in [0.5, 0.6) is 0 Å². The lowest BCUT2D eigenvalue weighted by molar-refractivity contribution is -0.120. The molecule has 4 N–H and O–H groups in total. The Bertz CT molecular complexity index is 1110. The summed E-state index contributed by atoms with van der Waals surface area (Å²) in [5.41, 5.74) is 1.39. The van der Waals surface area contributed by atoms with Crippen molar-refractivity contribution < 1.29 is 18.0 Å². The van der Waals surface area contributed by atoms with E-state index < -0.39 is 15.9 Å². The summed E-state index contributed by atoms with van der Waals surface area (Å²) in [6.07, 6.45) is 4.25. The Morgan fingerprint density at radius 3 is 2.55 bits per heavy atom. The van der Waals surface area contributed by atoms with Gasteiger partial charge in [0, 0.05) is 24.3 Å². The van der Waals surface area contributed by atoms with E-state index in [4.69, 9.17) is 5.14 Å². The van der Waals surface area contributed by atoms with Crippen LogP contribution in [-0.4, -0.2) is 35.2 Å². The van der Waals surface area contributed by atoms with Crippen LogP contribution >= 0.6 is 11.3 Å². The van der Waals surface area contributed by atoms with Crippen molar-refractivity contribution in [3.63, 3.8) is 0 Å². The fourth-order valence-electron chi connectivity index (χ4n) is 2.25. The molecule has 0 spiro atoms. The second-order valence-electron chi connectivity index (χ2n) is 5.83. The molecule has 150 valence electrons. The molecule has 3 aromatic rings. The zero-order valence-corrected chi connectivity index (χ0v) is 16.5. The van der Waals surface area contributed by atoms with Crippen molar-refractivity contribution >= 4 is 38.3 Å². The van der Waals surface area contributed by atoms with Crippen molar-refractivity contribution in [3.05, 3.63) is 65.2 Å². The number of benzene rings is 1. The highest BCUT2D eigenvalue weighted by atomic mass is 32.2. The van der Waals surface area contributed by atoms with Crippen molar-refractivity contribution in [2.45, 2.75) is 17.9 Å². The van der Waals surface area contributed by atoms with Crippen molar-refractivity contribution in [1.82, 2.24) is 20.3 Å². The van der Waals surface area contributed by atoms with Gasteiger partial charge in [-0.25, -0.2) is 23.5 Å². The second kappa shape index (κ2) is 8.86. The molecular formula is C17H16N6O4S2. The lowest BCUT2D eigenvalue weighted by Crippen LogP contribution is -2.24. The van der Waals surface area contributed by atoms with E-state index in [-0.39, 0.29) is 29.5 Å². The molecule has 10 nitrogen and oxygen atoms in total. The maximum absolute atomic E-state index is 12.1. The number of hydrogen-bond acceptors (Lipinski definition) is 8. The average Bonchev–Trinajstić information content (AvgIpc) is 3.13. The second-order valence-corrected chi connectivity index (χ2v) is 8.25. The van der Waals surface area contributed by atoms with Crippen LogP contribution in [0.3, 0.4) is 0 Å². The van der Waals surface area contributed by atoms with Crippen molar-refractivity contribution in [3.8, 4) is 0 Å². The largest absolute Gasteiger partial charge is 0.352 e. The van der Waals surface area contributed by atoms with Crippen LogP contribution in [-0.2, 0) is 27.8 Å². The first-order valence-corrected chi connectivity index (χ1v) is 10.6. The number of hydrogen-bond donors (Lipinski definition) is 3. The highest BCUT2D eigenvalue weighted by Gasteiger charge is 2.12. The molecule has 0 aliphatic rings. The van der Waals surface area contributed by atoms with Gasteiger partial charge in [0.05, 0.1) is 23.2 Å². The Hall–Kier alpha value is -3.22. The minimum atomic E-state index is -3.75. The molecule has 0 aliphatic heterocycles. The van der Waals surface area contributed by atoms with Gasteiger partial charge < -0.3 is 5.32 Å². The molecule has 0 radical (unpaired) electrons. The number of nitrogens with two attached hydrogens (primary N) is 1. The molecule has 12 heteroatoms. The number of aromatic nitrogens is 3. The van der Waals surface area contributed by atoms with Gasteiger partial charge in [-0.05, 0) is 17.7 Å². The Balaban J connectivity index is 1.50. The van der Waals surface area contributed by atoms with Crippen molar-refractivity contribution in [1.29, 1.82) is 0 Å². The van der Waals surface area contributed by atoms with E-state index in [0.717, 1.165) is 5.56 Å². The van der Waals surface area contributed by atoms with Crippen LogP contribution < -0.4 is 15.8 Å². The van der Waals surface area contributed by atoms with Gasteiger partial charge in [-0.1, -0.05) is 12.1 Å². The number of thiazole rings is 1. The Morgan fingerprint density at radius 2 is 1.90 bits per heavy atom. The third kappa shape index (κ3) is 5.88. The van der Waals surface area contributed by atoms with Gasteiger partial charge >= 0.3 is 0 Å². The first-order valence-electron chi connectivity index (χ1n) is 8.21. The molecule has 0 fully saturated rings. The average molecular weight is 432 g/mol. The number of nitrogens with zero attached hydrogens (tertiary/aromatic N) is 3. The van der Waals surface area contributed by atoms with Crippen molar-refractivity contribution in [2.24, 2.45) is 5.14 Å². The van der Waals surface area contributed by atoms with E-state index in [2.05, 4.69) is 25.6 Å². The zero-order valence-electron chi connectivity index (χ0n) is 14.9. The van der Waals surface area contributed by atoms with Gasteiger partial charge in [-0.3, -0.25) is 19.9 Å². The number of sulfonamides is 1. The topological polar surface area (TPSA) is 157 Å². The third-order valence-electron chi connectivity index (χ3n) is 3.65. The van der Waals surface area contributed by atoms with Gasteiger partial charge in [0.1, 0.15) is 5.69 Å². The lowest BCUT2D eigenvalue weighted by atomic mass is 10.2. The predicted molar refractivity (Wildman–Crippen MR) is 105 cm³/mol. The predicted octanol–water partition coefficient (Wildman–Crippen LogP) is 0.692. The molecule has 0 atom stereocenters. The van der Waals surface area contributed by atoms with Crippen LogP contribution in [0, 0.1) is 0 Å². The minimum Gasteiger partial charge on any atom is -0.352 e. The van der Waals surface area contributed by atoms with Gasteiger partial charge in [0.15, 0.2) is 5.13 Å². The van der Waals surface area contributed by atoms with E-state index in [1.54, 1.807) is 17.5 Å². The molecule has 3 rings (SSSR count). The minimum absolute atomic E-state index is 0.00566.